The molecule has 3 aromatic carbocycles. The maximum absolute atomic E-state index is 12.3. The number of nitrogens with one attached hydrogen (secondary N) is 2. The molecule has 1 amide bonds. The van der Waals surface area contributed by atoms with Gasteiger partial charge in [-0.3, -0.25) is 4.79 Å². The van der Waals surface area contributed by atoms with Crippen LogP contribution in [0.15, 0.2) is 96.2 Å². The van der Waals surface area contributed by atoms with Crippen LogP contribution in [0, 0.1) is 0 Å². The third-order valence-corrected chi connectivity index (χ3v) is 7.03. The van der Waals surface area contributed by atoms with Crippen LogP contribution in [-0.2, 0) is 12.8 Å². The van der Waals surface area contributed by atoms with Gasteiger partial charge >= 0.3 is 0 Å². The summed E-state index contributed by atoms with van der Waals surface area (Å²) in [6.07, 6.45) is 3.44. The van der Waals surface area contributed by atoms with Crippen LogP contribution in [0.3, 0.4) is 0 Å². The van der Waals surface area contributed by atoms with Gasteiger partial charge in [0.15, 0.2) is 0 Å². The summed E-state index contributed by atoms with van der Waals surface area (Å²) in [5, 5.41) is 6.82. The molecule has 0 saturated carbocycles. The molecule has 0 saturated heterocycles. The molecule has 0 spiro atoms. The van der Waals surface area contributed by atoms with Crippen LogP contribution in [-0.4, -0.2) is 22.4 Å². The summed E-state index contributed by atoms with van der Waals surface area (Å²) in [7, 11) is 0. The number of carbonyl (C=O) groups excluding carboxylic acids is 1. The molecule has 0 aliphatic carbocycles. The number of rotatable bonds is 7. The lowest BCUT2D eigenvalue weighted by Gasteiger charge is -2.11. The molecule has 0 radical (unpaired) electrons. The summed E-state index contributed by atoms with van der Waals surface area (Å²) in [6.45, 7) is 0.774. The lowest BCUT2D eigenvalue weighted by molar-refractivity contribution is 0.102. The molecule has 6 heteroatoms. The van der Waals surface area contributed by atoms with Crippen molar-refractivity contribution in [2.75, 3.05) is 17.2 Å². The van der Waals surface area contributed by atoms with Crippen molar-refractivity contribution in [1.82, 2.24) is 9.97 Å². The molecule has 33 heavy (non-hydrogen) atoms. The number of hydrogen-bond donors (Lipinski definition) is 2. The number of thioether (sulfide) groups is 1. The van der Waals surface area contributed by atoms with E-state index < -0.39 is 0 Å². The quantitative estimate of drug-likeness (QED) is 0.372. The highest BCUT2D eigenvalue weighted by Gasteiger charge is 2.27. The van der Waals surface area contributed by atoms with Gasteiger partial charge in [0.25, 0.3) is 5.91 Å². The fourth-order valence-electron chi connectivity index (χ4n) is 3.89. The Hall–Kier alpha value is -3.64. The number of hydrogen-bond acceptors (Lipinski definition) is 5. The van der Waals surface area contributed by atoms with Crippen LogP contribution in [0.1, 0.15) is 32.4 Å². The van der Waals surface area contributed by atoms with E-state index in [4.69, 9.17) is 0 Å². The summed E-state index contributed by atoms with van der Waals surface area (Å²) < 4.78 is 0. The Morgan fingerprint density at radius 1 is 0.909 bits per heavy atom. The normalized spacial score (nSPS) is 14.5. The van der Waals surface area contributed by atoms with E-state index >= 15 is 0 Å². The lowest BCUT2D eigenvalue weighted by Crippen LogP contribution is -2.11. The van der Waals surface area contributed by atoms with Gasteiger partial charge in [0.2, 0.25) is 0 Å². The van der Waals surface area contributed by atoms with E-state index in [2.05, 4.69) is 44.9 Å². The van der Waals surface area contributed by atoms with Crippen molar-refractivity contribution in [3.05, 3.63) is 114 Å². The van der Waals surface area contributed by atoms with Gasteiger partial charge in [-0.1, -0.05) is 60.7 Å². The SMILES string of the molecule is O=C(Nc1ccc(CCNc2ncnc3c2SC(c2ccccc2)C3)cc1)c1ccccc1. The van der Waals surface area contributed by atoms with E-state index in [1.54, 1.807) is 18.5 Å². The molecule has 0 fully saturated rings. The van der Waals surface area contributed by atoms with Gasteiger partial charge in [0.05, 0.1) is 10.6 Å². The summed E-state index contributed by atoms with van der Waals surface area (Å²) in [6, 6.07) is 27.8. The molecule has 1 aromatic heterocycles. The van der Waals surface area contributed by atoms with Crippen LogP contribution < -0.4 is 10.6 Å². The highest BCUT2D eigenvalue weighted by atomic mass is 32.2. The summed E-state index contributed by atoms with van der Waals surface area (Å²) >= 11 is 1.84. The van der Waals surface area contributed by atoms with Crippen LogP contribution in [0.5, 0.6) is 0 Å². The van der Waals surface area contributed by atoms with Crippen LogP contribution in [0.4, 0.5) is 11.5 Å². The molecule has 1 unspecified atom stereocenters. The van der Waals surface area contributed by atoms with Gasteiger partial charge in [-0.2, -0.15) is 0 Å². The maximum atomic E-state index is 12.3. The Bertz CT molecular complexity index is 1230. The van der Waals surface area contributed by atoms with Crippen molar-refractivity contribution in [3.63, 3.8) is 0 Å². The van der Waals surface area contributed by atoms with Crippen molar-refractivity contribution in [1.29, 1.82) is 0 Å². The van der Waals surface area contributed by atoms with Gasteiger partial charge < -0.3 is 10.6 Å². The monoisotopic (exact) mass is 452 g/mol. The first-order valence-electron chi connectivity index (χ1n) is 11.0. The number of amides is 1. The van der Waals surface area contributed by atoms with Crippen LogP contribution in [0.25, 0.3) is 0 Å². The smallest absolute Gasteiger partial charge is 0.255 e. The van der Waals surface area contributed by atoms with Gasteiger partial charge in [-0.15, -0.1) is 11.8 Å². The van der Waals surface area contributed by atoms with E-state index in [0.717, 1.165) is 41.5 Å². The predicted molar refractivity (Wildman–Crippen MR) is 134 cm³/mol. The molecular formula is C27H24N4OS. The highest BCUT2D eigenvalue weighted by molar-refractivity contribution is 8.00. The van der Waals surface area contributed by atoms with Crippen molar-refractivity contribution < 1.29 is 4.79 Å². The zero-order valence-electron chi connectivity index (χ0n) is 18.1. The molecule has 2 heterocycles. The minimum atomic E-state index is -0.103. The minimum Gasteiger partial charge on any atom is -0.369 e. The van der Waals surface area contributed by atoms with E-state index in [9.17, 15) is 4.79 Å². The molecule has 2 N–H and O–H groups in total. The maximum Gasteiger partial charge on any atom is 0.255 e. The van der Waals surface area contributed by atoms with E-state index in [1.807, 2.05) is 60.3 Å². The molecule has 1 aliphatic heterocycles. The Morgan fingerprint density at radius 2 is 1.64 bits per heavy atom. The average molecular weight is 453 g/mol. The van der Waals surface area contributed by atoms with Gasteiger partial charge in [-0.25, -0.2) is 9.97 Å². The van der Waals surface area contributed by atoms with Crippen molar-refractivity contribution in [2.45, 2.75) is 23.0 Å². The molecule has 1 atom stereocenters. The highest BCUT2D eigenvalue weighted by Crippen LogP contribution is 2.48. The number of anilines is 2. The number of benzene rings is 3. The van der Waals surface area contributed by atoms with E-state index in [1.165, 1.54) is 11.1 Å². The van der Waals surface area contributed by atoms with E-state index in [0.29, 0.717) is 10.8 Å². The van der Waals surface area contributed by atoms with Gasteiger partial charge in [-0.05, 0) is 41.8 Å². The van der Waals surface area contributed by atoms with Crippen molar-refractivity contribution in [2.24, 2.45) is 0 Å². The van der Waals surface area contributed by atoms with E-state index in [-0.39, 0.29) is 5.91 Å². The lowest BCUT2D eigenvalue weighted by atomic mass is 10.1. The third-order valence-electron chi connectivity index (χ3n) is 5.64. The molecule has 5 rings (SSSR count). The molecule has 0 bridgehead atoms. The largest absolute Gasteiger partial charge is 0.369 e. The third kappa shape index (κ3) is 5.07. The Kier molecular flexibility index (Phi) is 6.35. The fourth-order valence-corrected chi connectivity index (χ4v) is 5.22. The number of fused-ring (bicyclic) bond motifs is 1. The fraction of sp³-hybridized carbons (Fsp3) is 0.148. The first kappa shape index (κ1) is 21.2. The Morgan fingerprint density at radius 3 is 2.39 bits per heavy atom. The Labute approximate surface area is 197 Å². The number of aromatic nitrogens is 2. The number of carbonyl (C=O) groups is 1. The summed E-state index contributed by atoms with van der Waals surface area (Å²) in [4.78, 5) is 22.5. The topological polar surface area (TPSA) is 66.9 Å². The van der Waals surface area contributed by atoms with Crippen molar-refractivity contribution in [3.8, 4) is 0 Å². The molecule has 1 aliphatic rings. The average Bonchev–Trinajstić information content (AvgIpc) is 3.32. The second-order valence-electron chi connectivity index (χ2n) is 7.91. The molecular weight excluding hydrogens is 428 g/mol. The Balaban J connectivity index is 1.16. The standard InChI is InChI=1S/C27H24N4OS/c32-27(21-9-5-2-6-10-21)31-22-13-11-19(12-14-22)15-16-28-26-25-23(29-18-30-26)17-24(33-25)20-7-3-1-4-8-20/h1-14,18,24H,15-17H2,(H,31,32)(H,28,29,30). The molecule has 4 aromatic rings. The predicted octanol–water partition coefficient (Wildman–Crippen LogP) is 5.77. The summed E-state index contributed by atoms with van der Waals surface area (Å²) in [5.41, 5.74) is 5.07. The van der Waals surface area contributed by atoms with Gasteiger partial charge in [0, 0.05) is 29.5 Å². The molecule has 5 nitrogen and oxygen atoms in total. The zero-order chi connectivity index (χ0) is 22.5. The van der Waals surface area contributed by atoms with Crippen LogP contribution >= 0.6 is 11.8 Å². The zero-order valence-corrected chi connectivity index (χ0v) is 18.9. The summed E-state index contributed by atoms with van der Waals surface area (Å²) in [5.74, 6) is 0.809. The second kappa shape index (κ2) is 9.88. The van der Waals surface area contributed by atoms with Gasteiger partial charge in [0.1, 0.15) is 12.1 Å². The first-order valence-corrected chi connectivity index (χ1v) is 11.9. The van der Waals surface area contributed by atoms with Crippen molar-refractivity contribution >= 4 is 29.2 Å². The first-order chi connectivity index (χ1) is 16.3. The molecule has 164 valence electrons. The minimum absolute atomic E-state index is 0.103. The van der Waals surface area contributed by atoms with Crippen LogP contribution in [0.2, 0.25) is 0 Å². The number of nitrogens with zero attached hydrogens (tertiary/aromatic N) is 2. The second-order valence-corrected chi connectivity index (χ2v) is 9.13.